The smallest absolute Gasteiger partial charge is 0.229 e. The first-order valence-corrected chi connectivity index (χ1v) is 13.1. The number of nitrogens with two attached hydrogens (primary N) is 1. The predicted molar refractivity (Wildman–Crippen MR) is 137 cm³/mol. The molecule has 0 amide bonds. The molecule has 2 aliphatic carbocycles. The minimum Gasteiger partial charge on any atom is -0.464 e. The van der Waals surface area contributed by atoms with Crippen molar-refractivity contribution in [3.05, 3.63) is 47.7 Å². The fourth-order valence-corrected chi connectivity index (χ4v) is 7.70. The molecule has 1 aromatic heterocycles. The van der Waals surface area contributed by atoms with Gasteiger partial charge in [-0.25, -0.2) is 4.99 Å². The molecule has 2 aliphatic heterocycles. The number of rotatable bonds is 4. The van der Waals surface area contributed by atoms with E-state index in [1.54, 1.807) is 6.26 Å². The summed E-state index contributed by atoms with van der Waals surface area (Å²) in [4.78, 5) is 7.65. The molecule has 0 radical (unpaired) electrons. The number of hydrogen-bond donors (Lipinski definition) is 1. The first-order valence-electron chi connectivity index (χ1n) is 13.1. The van der Waals surface area contributed by atoms with Crippen LogP contribution >= 0.6 is 0 Å². The largest absolute Gasteiger partial charge is 0.464 e. The number of ether oxygens (including phenoxy) is 1. The molecule has 2 aromatic carbocycles. The number of nitrogen functional groups attached to an aromatic ring is 1. The average Bonchev–Trinajstić information content (AvgIpc) is 3.63. The van der Waals surface area contributed by atoms with Crippen molar-refractivity contribution in [1.29, 1.82) is 0 Å². The molecule has 5 heteroatoms. The van der Waals surface area contributed by atoms with Gasteiger partial charge in [0.25, 0.3) is 0 Å². The van der Waals surface area contributed by atoms with Crippen molar-refractivity contribution < 1.29 is 9.15 Å². The Bertz CT molecular complexity index is 1330. The van der Waals surface area contributed by atoms with Crippen LogP contribution in [0.4, 0.5) is 17.1 Å². The fourth-order valence-electron chi connectivity index (χ4n) is 7.70. The lowest BCUT2D eigenvalue weighted by Crippen LogP contribution is -2.66. The highest BCUT2D eigenvalue weighted by molar-refractivity contribution is 6.00. The Labute approximate surface area is 201 Å². The summed E-state index contributed by atoms with van der Waals surface area (Å²) in [7, 11) is 0. The SMILES string of the molecule is CCCCN1c2cc(CC)ccc2C2(CC3CCC2C3)C12C=Nc1c(N)cc3occc3c1O2. The van der Waals surface area contributed by atoms with Gasteiger partial charge in [0.15, 0.2) is 5.75 Å². The lowest BCUT2D eigenvalue weighted by molar-refractivity contribution is 0.0265. The molecule has 4 aliphatic rings. The number of benzene rings is 2. The Hall–Kier alpha value is -2.95. The number of aryl methyl sites for hydroxylation is 1. The van der Waals surface area contributed by atoms with Gasteiger partial charge in [-0.3, -0.25) is 0 Å². The Morgan fingerprint density at radius 3 is 2.85 bits per heavy atom. The first-order chi connectivity index (χ1) is 16.6. The maximum absolute atomic E-state index is 7.33. The van der Waals surface area contributed by atoms with Crippen LogP contribution in [0.1, 0.15) is 63.5 Å². The van der Waals surface area contributed by atoms with E-state index < -0.39 is 5.72 Å². The zero-order chi connectivity index (χ0) is 23.1. The number of anilines is 2. The average molecular weight is 456 g/mol. The van der Waals surface area contributed by atoms with E-state index in [0.29, 0.717) is 11.6 Å². The molecule has 3 aromatic rings. The third-order valence-corrected chi connectivity index (χ3v) is 9.21. The molecule has 4 unspecified atom stereocenters. The molecule has 5 nitrogen and oxygen atoms in total. The van der Waals surface area contributed by atoms with Gasteiger partial charge in [-0.15, -0.1) is 0 Å². The second kappa shape index (κ2) is 7.03. The summed E-state index contributed by atoms with van der Waals surface area (Å²) in [5.41, 5.74) is 12.0. The van der Waals surface area contributed by atoms with Crippen LogP contribution in [0.2, 0.25) is 0 Å². The van der Waals surface area contributed by atoms with Gasteiger partial charge in [0.2, 0.25) is 5.72 Å². The van der Waals surface area contributed by atoms with Crippen molar-refractivity contribution in [3.8, 4) is 5.75 Å². The van der Waals surface area contributed by atoms with Crippen LogP contribution in [-0.2, 0) is 11.8 Å². The maximum Gasteiger partial charge on any atom is 0.229 e. The summed E-state index contributed by atoms with van der Waals surface area (Å²) in [5, 5.41) is 0.958. The number of fused-ring (bicyclic) bond motifs is 9. The minimum atomic E-state index is -0.637. The third kappa shape index (κ3) is 2.38. The molecule has 4 atom stereocenters. The van der Waals surface area contributed by atoms with Crippen molar-refractivity contribution in [2.75, 3.05) is 17.2 Å². The van der Waals surface area contributed by atoms with Crippen molar-refractivity contribution >= 4 is 34.2 Å². The first kappa shape index (κ1) is 20.4. The van der Waals surface area contributed by atoms with Crippen LogP contribution in [0.25, 0.3) is 11.0 Å². The summed E-state index contributed by atoms with van der Waals surface area (Å²) in [6, 6.07) is 11.0. The van der Waals surface area contributed by atoms with Crippen LogP contribution in [0.5, 0.6) is 5.75 Å². The van der Waals surface area contributed by atoms with Gasteiger partial charge in [-0.2, -0.15) is 0 Å². The zero-order valence-corrected chi connectivity index (χ0v) is 20.1. The second-order valence-corrected chi connectivity index (χ2v) is 10.8. The third-order valence-electron chi connectivity index (χ3n) is 9.21. The van der Waals surface area contributed by atoms with E-state index in [4.69, 9.17) is 19.9 Å². The maximum atomic E-state index is 7.33. The molecule has 2 spiro atoms. The number of hydrogen-bond acceptors (Lipinski definition) is 5. The molecule has 2 bridgehead atoms. The van der Waals surface area contributed by atoms with E-state index in [9.17, 15) is 0 Å². The standard InChI is InChI=1S/C29H33N3O2/c1-3-5-11-32-24-14-18(4-2)7-9-22(24)28(16-19-6-8-20(28)13-19)29(32)17-31-26-23(30)15-25-21(10-12-33-25)27(26)34-29/h7,9-10,12,14-15,17,19-20H,3-6,8,11,13,16,30H2,1-2H3. The summed E-state index contributed by atoms with van der Waals surface area (Å²) in [5.74, 6) is 2.14. The van der Waals surface area contributed by atoms with E-state index in [1.807, 2.05) is 12.1 Å². The molecule has 34 heavy (non-hydrogen) atoms. The highest BCUT2D eigenvalue weighted by Crippen LogP contribution is 2.68. The van der Waals surface area contributed by atoms with E-state index in [0.717, 1.165) is 60.6 Å². The van der Waals surface area contributed by atoms with Gasteiger partial charge in [-0.1, -0.05) is 38.8 Å². The van der Waals surface area contributed by atoms with Crippen LogP contribution in [0.15, 0.2) is 46.0 Å². The normalized spacial score (nSPS) is 30.5. The highest BCUT2D eigenvalue weighted by atomic mass is 16.5. The molecule has 7 rings (SSSR count). The monoisotopic (exact) mass is 455 g/mol. The molecule has 0 saturated heterocycles. The molecule has 176 valence electrons. The van der Waals surface area contributed by atoms with Gasteiger partial charge in [0.05, 0.1) is 29.0 Å². The Morgan fingerprint density at radius 1 is 1.18 bits per heavy atom. The van der Waals surface area contributed by atoms with Crippen LogP contribution in [0, 0.1) is 11.8 Å². The lowest BCUT2D eigenvalue weighted by atomic mass is 9.63. The summed E-state index contributed by atoms with van der Waals surface area (Å²) in [6.45, 7) is 5.46. The van der Waals surface area contributed by atoms with E-state index in [1.165, 1.54) is 36.1 Å². The van der Waals surface area contributed by atoms with Crippen molar-refractivity contribution in [3.63, 3.8) is 0 Å². The zero-order valence-electron chi connectivity index (χ0n) is 20.1. The predicted octanol–water partition coefficient (Wildman–Crippen LogP) is 6.75. The molecular weight excluding hydrogens is 422 g/mol. The van der Waals surface area contributed by atoms with Crippen LogP contribution < -0.4 is 15.4 Å². The second-order valence-electron chi connectivity index (χ2n) is 10.8. The molecular formula is C29H33N3O2. The van der Waals surface area contributed by atoms with Crippen molar-refractivity contribution in [2.45, 2.75) is 69.9 Å². The number of unbranched alkanes of at least 4 members (excludes halogenated alkanes) is 1. The topological polar surface area (TPSA) is 64.0 Å². The molecule has 3 heterocycles. The Balaban J connectivity index is 1.50. The fraction of sp³-hybridized carbons (Fsp3) is 0.483. The van der Waals surface area contributed by atoms with Crippen LogP contribution in [-0.4, -0.2) is 18.5 Å². The Morgan fingerprint density at radius 2 is 2.09 bits per heavy atom. The lowest BCUT2D eigenvalue weighted by Gasteiger charge is -2.51. The number of aliphatic imine (C=N–C) groups is 1. The Kier molecular flexibility index (Phi) is 4.22. The molecule has 2 saturated carbocycles. The minimum absolute atomic E-state index is 0.0902. The van der Waals surface area contributed by atoms with Crippen LogP contribution in [0.3, 0.4) is 0 Å². The van der Waals surface area contributed by atoms with E-state index in [2.05, 4.69) is 43.2 Å². The van der Waals surface area contributed by atoms with Gasteiger partial charge < -0.3 is 19.8 Å². The van der Waals surface area contributed by atoms with Gasteiger partial charge >= 0.3 is 0 Å². The summed E-state index contributed by atoms with van der Waals surface area (Å²) in [6.07, 6.45) is 12.2. The van der Waals surface area contributed by atoms with E-state index >= 15 is 0 Å². The molecule has 2 fully saturated rings. The quantitative estimate of drug-likeness (QED) is 0.442. The van der Waals surface area contributed by atoms with Gasteiger partial charge in [-0.05, 0) is 67.2 Å². The molecule has 2 N–H and O–H groups in total. The van der Waals surface area contributed by atoms with Crippen molar-refractivity contribution in [2.24, 2.45) is 16.8 Å². The van der Waals surface area contributed by atoms with Crippen molar-refractivity contribution in [1.82, 2.24) is 0 Å². The number of nitrogens with zero attached hydrogens (tertiary/aromatic N) is 2. The summed E-state index contributed by atoms with van der Waals surface area (Å²) >= 11 is 0. The highest BCUT2D eigenvalue weighted by Gasteiger charge is 2.71. The van der Waals surface area contributed by atoms with Gasteiger partial charge in [0.1, 0.15) is 11.3 Å². The number of furan rings is 1. The van der Waals surface area contributed by atoms with E-state index in [-0.39, 0.29) is 5.41 Å². The summed E-state index contributed by atoms with van der Waals surface area (Å²) < 4.78 is 13.1. The van der Waals surface area contributed by atoms with Gasteiger partial charge in [0, 0.05) is 18.3 Å².